The van der Waals surface area contributed by atoms with Crippen molar-refractivity contribution >= 4 is 11.3 Å². The molecule has 1 heterocycles. The lowest BCUT2D eigenvalue weighted by Crippen LogP contribution is -2.18. The van der Waals surface area contributed by atoms with Gasteiger partial charge in [-0.3, -0.25) is 0 Å². The molecule has 0 aromatic carbocycles. The lowest BCUT2D eigenvalue weighted by atomic mass is 10.2. The van der Waals surface area contributed by atoms with E-state index in [2.05, 4.69) is 31.3 Å². The number of thiophene rings is 1. The average molecular weight is 255 g/mol. The second kappa shape index (κ2) is 8.67. The Morgan fingerprint density at radius 1 is 1.24 bits per heavy atom. The molecule has 17 heavy (non-hydrogen) atoms. The fourth-order valence-corrected chi connectivity index (χ4v) is 2.81. The minimum absolute atomic E-state index is 0.332. The molecule has 2 N–H and O–H groups in total. The largest absolute Gasteiger partial charge is 0.396 e. The molecule has 1 unspecified atom stereocenters. The summed E-state index contributed by atoms with van der Waals surface area (Å²) < 4.78 is 0. The molecule has 0 fully saturated rings. The maximum Gasteiger partial charge on any atom is 0.0431 e. The molecule has 0 spiro atoms. The van der Waals surface area contributed by atoms with Crippen LogP contribution in [0, 0.1) is 0 Å². The summed E-state index contributed by atoms with van der Waals surface area (Å²) in [6.45, 7) is 5.85. The fraction of sp³-hybridized carbons (Fsp3) is 0.714. The molecule has 1 aromatic rings. The van der Waals surface area contributed by atoms with Crippen LogP contribution in [0.5, 0.6) is 0 Å². The van der Waals surface area contributed by atoms with Crippen LogP contribution in [0.2, 0.25) is 0 Å². The standard InChI is InChI=1S/C14H25NOS/c1-3-13-8-9-14(17-13)12(2)15-10-6-4-5-7-11-16/h8-9,12,15-16H,3-7,10-11H2,1-2H3. The van der Waals surface area contributed by atoms with Crippen LogP contribution in [-0.4, -0.2) is 18.3 Å². The van der Waals surface area contributed by atoms with Crippen molar-refractivity contribution < 1.29 is 5.11 Å². The van der Waals surface area contributed by atoms with E-state index in [4.69, 9.17) is 5.11 Å². The van der Waals surface area contributed by atoms with Crippen LogP contribution in [0.4, 0.5) is 0 Å². The van der Waals surface area contributed by atoms with Crippen LogP contribution in [0.3, 0.4) is 0 Å². The molecule has 3 heteroatoms. The van der Waals surface area contributed by atoms with Crippen molar-refractivity contribution in [3.63, 3.8) is 0 Å². The Morgan fingerprint density at radius 2 is 2.00 bits per heavy atom. The van der Waals surface area contributed by atoms with E-state index in [0.29, 0.717) is 12.6 Å². The van der Waals surface area contributed by atoms with Crippen LogP contribution in [0.15, 0.2) is 12.1 Å². The minimum Gasteiger partial charge on any atom is -0.396 e. The van der Waals surface area contributed by atoms with Gasteiger partial charge in [0.2, 0.25) is 0 Å². The molecule has 0 amide bonds. The Hall–Kier alpha value is -0.380. The van der Waals surface area contributed by atoms with Crippen molar-refractivity contribution in [1.82, 2.24) is 5.32 Å². The average Bonchev–Trinajstić information content (AvgIpc) is 2.82. The van der Waals surface area contributed by atoms with Crippen LogP contribution in [-0.2, 0) is 6.42 Å². The maximum atomic E-state index is 8.67. The zero-order valence-corrected chi connectivity index (χ0v) is 11.9. The van der Waals surface area contributed by atoms with Gasteiger partial charge in [0, 0.05) is 22.4 Å². The van der Waals surface area contributed by atoms with E-state index >= 15 is 0 Å². The number of aliphatic hydroxyl groups is 1. The first-order valence-corrected chi connectivity index (χ1v) is 7.52. The van der Waals surface area contributed by atoms with E-state index < -0.39 is 0 Å². The lowest BCUT2D eigenvalue weighted by molar-refractivity contribution is 0.282. The summed E-state index contributed by atoms with van der Waals surface area (Å²) in [5.74, 6) is 0. The van der Waals surface area contributed by atoms with E-state index in [-0.39, 0.29) is 0 Å². The Morgan fingerprint density at radius 3 is 2.65 bits per heavy atom. The van der Waals surface area contributed by atoms with Crippen LogP contribution in [0.25, 0.3) is 0 Å². The fourth-order valence-electron chi connectivity index (χ4n) is 1.83. The molecule has 1 atom stereocenters. The highest BCUT2D eigenvalue weighted by Gasteiger charge is 2.06. The number of rotatable bonds is 9. The zero-order chi connectivity index (χ0) is 12.5. The van der Waals surface area contributed by atoms with Gasteiger partial charge >= 0.3 is 0 Å². The van der Waals surface area contributed by atoms with E-state index in [1.807, 2.05) is 11.3 Å². The highest BCUT2D eigenvalue weighted by Crippen LogP contribution is 2.23. The Bertz CT molecular complexity index is 298. The van der Waals surface area contributed by atoms with Gasteiger partial charge in [-0.1, -0.05) is 19.8 Å². The topological polar surface area (TPSA) is 32.3 Å². The van der Waals surface area contributed by atoms with Gasteiger partial charge in [0.25, 0.3) is 0 Å². The number of aryl methyl sites for hydroxylation is 1. The highest BCUT2D eigenvalue weighted by molar-refractivity contribution is 7.12. The normalized spacial score (nSPS) is 12.9. The predicted octanol–water partition coefficient (Wildman–Crippen LogP) is 3.51. The molecule has 0 bridgehead atoms. The Kier molecular flexibility index (Phi) is 7.49. The van der Waals surface area contributed by atoms with E-state index in [1.54, 1.807) is 0 Å². The monoisotopic (exact) mass is 255 g/mol. The maximum absolute atomic E-state index is 8.67. The van der Waals surface area contributed by atoms with Crippen molar-refractivity contribution in [3.05, 3.63) is 21.9 Å². The third-order valence-electron chi connectivity index (χ3n) is 2.99. The molecule has 0 aliphatic rings. The molecular formula is C14H25NOS. The Labute approximate surface area is 109 Å². The van der Waals surface area contributed by atoms with Gasteiger partial charge in [-0.25, -0.2) is 0 Å². The van der Waals surface area contributed by atoms with Gasteiger partial charge in [-0.05, 0) is 44.9 Å². The van der Waals surface area contributed by atoms with Gasteiger partial charge < -0.3 is 10.4 Å². The van der Waals surface area contributed by atoms with E-state index in [9.17, 15) is 0 Å². The molecule has 0 radical (unpaired) electrons. The molecule has 1 rings (SSSR count). The SMILES string of the molecule is CCc1ccc(C(C)NCCCCCCO)s1. The van der Waals surface area contributed by atoms with Gasteiger partial charge in [0.15, 0.2) is 0 Å². The predicted molar refractivity (Wildman–Crippen MR) is 75.7 cm³/mol. The van der Waals surface area contributed by atoms with Crippen molar-refractivity contribution in [2.24, 2.45) is 0 Å². The molecule has 0 aliphatic carbocycles. The first kappa shape index (κ1) is 14.7. The lowest BCUT2D eigenvalue weighted by Gasteiger charge is -2.11. The summed E-state index contributed by atoms with van der Waals surface area (Å²) in [5, 5.41) is 12.2. The summed E-state index contributed by atoms with van der Waals surface area (Å²) in [6, 6.07) is 4.95. The van der Waals surface area contributed by atoms with Crippen molar-refractivity contribution in [2.75, 3.05) is 13.2 Å². The van der Waals surface area contributed by atoms with Crippen molar-refractivity contribution in [2.45, 2.75) is 52.0 Å². The van der Waals surface area contributed by atoms with Crippen LogP contribution in [0.1, 0.15) is 55.3 Å². The second-order valence-corrected chi connectivity index (χ2v) is 5.67. The van der Waals surface area contributed by atoms with Crippen molar-refractivity contribution in [1.29, 1.82) is 0 Å². The van der Waals surface area contributed by atoms with Gasteiger partial charge in [-0.2, -0.15) is 0 Å². The van der Waals surface area contributed by atoms with Crippen LogP contribution >= 0.6 is 11.3 Å². The molecule has 2 nitrogen and oxygen atoms in total. The van der Waals surface area contributed by atoms with Gasteiger partial charge in [0.05, 0.1) is 0 Å². The first-order valence-electron chi connectivity index (χ1n) is 6.70. The number of hydrogen-bond acceptors (Lipinski definition) is 3. The third kappa shape index (κ3) is 5.66. The van der Waals surface area contributed by atoms with Gasteiger partial charge in [0.1, 0.15) is 0 Å². The minimum atomic E-state index is 0.332. The summed E-state index contributed by atoms with van der Waals surface area (Å²) >= 11 is 1.92. The number of unbranched alkanes of at least 4 members (excludes halogenated alkanes) is 3. The van der Waals surface area contributed by atoms with Crippen molar-refractivity contribution in [3.8, 4) is 0 Å². The zero-order valence-electron chi connectivity index (χ0n) is 11.0. The molecule has 98 valence electrons. The number of aliphatic hydroxyl groups excluding tert-OH is 1. The van der Waals surface area contributed by atoms with Gasteiger partial charge in [-0.15, -0.1) is 11.3 Å². The summed E-state index contributed by atoms with van der Waals surface area (Å²) in [5.41, 5.74) is 0. The molecule has 0 saturated heterocycles. The molecule has 0 saturated carbocycles. The Balaban J connectivity index is 2.14. The summed E-state index contributed by atoms with van der Waals surface area (Å²) in [6.07, 6.45) is 5.64. The summed E-state index contributed by atoms with van der Waals surface area (Å²) in [7, 11) is 0. The van der Waals surface area contributed by atoms with E-state index in [0.717, 1.165) is 25.8 Å². The molecular weight excluding hydrogens is 230 g/mol. The molecule has 1 aromatic heterocycles. The molecule has 0 aliphatic heterocycles. The number of hydrogen-bond donors (Lipinski definition) is 2. The van der Waals surface area contributed by atoms with E-state index in [1.165, 1.54) is 22.6 Å². The second-order valence-electron chi connectivity index (χ2n) is 4.47. The highest BCUT2D eigenvalue weighted by atomic mass is 32.1. The smallest absolute Gasteiger partial charge is 0.0431 e. The third-order valence-corrected chi connectivity index (χ3v) is 4.41. The first-order chi connectivity index (χ1) is 8.27. The quantitative estimate of drug-likeness (QED) is 0.662. The van der Waals surface area contributed by atoms with Crippen LogP contribution < -0.4 is 5.32 Å². The summed E-state index contributed by atoms with van der Waals surface area (Å²) in [4.78, 5) is 2.91. The number of nitrogens with one attached hydrogen (secondary N) is 1.